The minimum atomic E-state index is -4.48. The number of rotatable bonds is 7. The van der Waals surface area contributed by atoms with Crippen molar-refractivity contribution in [1.82, 2.24) is 4.90 Å². The summed E-state index contributed by atoms with van der Waals surface area (Å²) in [5, 5.41) is 2.56. The third-order valence-corrected chi connectivity index (χ3v) is 6.17. The molecule has 0 aliphatic carbocycles. The molecule has 0 heterocycles. The zero-order valence-corrected chi connectivity index (χ0v) is 19.5. The van der Waals surface area contributed by atoms with Crippen LogP contribution in [0.5, 0.6) is 5.75 Å². The van der Waals surface area contributed by atoms with Gasteiger partial charge < -0.3 is 14.4 Å². The Hall–Kier alpha value is -3.60. The topological polar surface area (TPSA) is 75.7 Å². The van der Waals surface area contributed by atoms with Gasteiger partial charge in [0.25, 0.3) is 0 Å². The predicted molar refractivity (Wildman–Crippen MR) is 122 cm³/mol. The molecule has 6 nitrogen and oxygen atoms in total. The van der Waals surface area contributed by atoms with Crippen molar-refractivity contribution in [3.63, 3.8) is 0 Å². The number of nitrogens with zero attached hydrogens (tertiary/aromatic N) is 1. The van der Waals surface area contributed by atoms with E-state index in [2.05, 4.69) is 5.32 Å². The first-order valence-electron chi connectivity index (χ1n) is 10.4. The lowest BCUT2D eigenvalue weighted by Gasteiger charge is -2.27. The van der Waals surface area contributed by atoms with E-state index < -0.39 is 33.7 Å². The van der Waals surface area contributed by atoms with Crippen LogP contribution in [0.1, 0.15) is 25.0 Å². The van der Waals surface area contributed by atoms with Gasteiger partial charge in [0.05, 0.1) is 5.56 Å². The van der Waals surface area contributed by atoms with Crippen LogP contribution in [0, 0.1) is 5.82 Å². The molecule has 0 saturated carbocycles. The molecule has 3 rings (SSSR count). The molecular formula is C24H22F4N2O4S. The fourth-order valence-corrected chi connectivity index (χ4v) is 4.02. The van der Waals surface area contributed by atoms with E-state index in [1.807, 2.05) is 0 Å². The Balaban J connectivity index is 1.73. The summed E-state index contributed by atoms with van der Waals surface area (Å²) in [7, 11) is -4.20. The average Bonchev–Trinajstić information content (AvgIpc) is 2.77. The Morgan fingerprint density at radius 1 is 1.00 bits per heavy atom. The zero-order chi connectivity index (χ0) is 25.8. The SMILES string of the molecule is CC(C)N(Cc1cccc(OS(=O)(=O)c2ccc(F)cc2)c1)C(=O)Nc1ccc(C(F)(F)F)cc1. The largest absolute Gasteiger partial charge is 0.416 e. The first kappa shape index (κ1) is 26.0. The van der Waals surface area contributed by atoms with E-state index in [-0.39, 0.29) is 28.9 Å². The van der Waals surface area contributed by atoms with Gasteiger partial charge in [0.2, 0.25) is 0 Å². The molecule has 0 aromatic heterocycles. The lowest BCUT2D eigenvalue weighted by atomic mass is 10.2. The van der Waals surface area contributed by atoms with Crippen molar-refractivity contribution in [2.24, 2.45) is 0 Å². The number of amides is 2. The van der Waals surface area contributed by atoms with Crippen LogP contribution in [0.4, 0.5) is 28.0 Å². The molecular weight excluding hydrogens is 488 g/mol. The third kappa shape index (κ3) is 6.95. The Bertz CT molecular complexity index is 1280. The Morgan fingerprint density at radius 3 is 2.20 bits per heavy atom. The second kappa shape index (κ2) is 10.3. The second-order valence-electron chi connectivity index (χ2n) is 7.87. The van der Waals surface area contributed by atoms with E-state index in [9.17, 15) is 30.8 Å². The second-order valence-corrected chi connectivity index (χ2v) is 9.41. The third-order valence-electron chi connectivity index (χ3n) is 4.91. The van der Waals surface area contributed by atoms with Gasteiger partial charge in [-0.2, -0.15) is 21.6 Å². The average molecular weight is 511 g/mol. The quantitative estimate of drug-likeness (QED) is 0.310. The van der Waals surface area contributed by atoms with Crippen LogP contribution in [0.15, 0.2) is 77.7 Å². The van der Waals surface area contributed by atoms with Gasteiger partial charge in [-0.3, -0.25) is 0 Å². The lowest BCUT2D eigenvalue weighted by molar-refractivity contribution is -0.137. The van der Waals surface area contributed by atoms with Gasteiger partial charge in [-0.1, -0.05) is 12.1 Å². The molecule has 3 aromatic carbocycles. The summed E-state index contributed by atoms with van der Waals surface area (Å²) >= 11 is 0. The summed E-state index contributed by atoms with van der Waals surface area (Å²) in [6.45, 7) is 3.58. The number of carbonyl (C=O) groups is 1. The maximum atomic E-state index is 13.1. The van der Waals surface area contributed by atoms with Gasteiger partial charge in [0, 0.05) is 18.3 Å². The van der Waals surface area contributed by atoms with Crippen molar-refractivity contribution >= 4 is 21.8 Å². The molecule has 0 aliphatic heterocycles. The summed E-state index contributed by atoms with van der Waals surface area (Å²) in [6.07, 6.45) is -4.48. The molecule has 0 radical (unpaired) electrons. The molecule has 35 heavy (non-hydrogen) atoms. The van der Waals surface area contributed by atoms with Crippen LogP contribution in [-0.2, 0) is 22.8 Å². The van der Waals surface area contributed by atoms with Crippen LogP contribution in [0.3, 0.4) is 0 Å². The molecule has 2 amide bonds. The van der Waals surface area contributed by atoms with Crippen LogP contribution >= 0.6 is 0 Å². The van der Waals surface area contributed by atoms with Gasteiger partial charge in [-0.05, 0) is 80.1 Å². The summed E-state index contributed by atoms with van der Waals surface area (Å²) < 4.78 is 81.4. The van der Waals surface area contributed by atoms with Crippen molar-refractivity contribution in [1.29, 1.82) is 0 Å². The van der Waals surface area contributed by atoms with E-state index >= 15 is 0 Å². The minimum absolute atomic E-state index is 0.00122. The number of urea groups is 1. The van der Waals surface area contributed by atoms with E-state index in [1.165, 1.54) is 17.0 Å². The monoisotopic (exact) mass is 510 g/mol. The highest BCUT2D eigenvalue weighted by Crippen LogP contribution is 2.30. The standard InChI is InChI=1S/C24H22F4N2O4S/c1-16(2)30(23(31)29-20-10-6-18(7-11-20)24(26,27)28)15-17-4-3-5-21(14-17)34-35(32,33)22-12-8-19(25)9-13-22/h3-14,16H,15H2,1-2H3,(H,29,31). The number of carbonyl (C=O) groups excluding carboxylic acids is 1. The van der Waals surface area contributed by atoms with Crippen molar-refractivity contribution in [3.8, 4) is 5.75 Å². The first-order chi connectivity index (χ1) is 16.3. The smallest absolute Gasteiger partial charge is 0.379 e. The van der Waals surface area contributed by atoms with Gasteiger partial charge in [-0.15, -0.1) is 0 Å². The molecule has 0 unspecified atom stereocenters. The highest BCUT2D eigenvalue weighted by Gasteiger charge is 2.30. The molecule has 0 bridgehead atoms. The fraction of sp³-hybridized carbons (Fsp3) is 0.208. The molecule has 0 atom stereocenters. The number of alkyl halides is 3. The summed E-state index contributed by atoms with van der Waals surface area (Å²) in [5.74, 6) is -0.590. The number of halogens is 4. The van der Waals surface area contributed by atoms with Gasteiger partial charge >= 0.3 is 22.3 Å². The Morgan fingerprint density at radius 2 is 1.63 bits per heavy atom. The summed E-state index contributed by atoms with van der Waals surface area (Å²) in [4.78, 5) is 14.0. The Kier molecular flexibility index (Phi) is 7.69. The number of hydrogen-bond acceptors (Lipinski definition) is 4. The first-order valence-corrected chi connectivity index (χ1v) is 11.8. The number of nitrogens with one attached hydrogen (secondary N) is 1. The fourth-order valence-electron chi connectivity index (χ4n) is 3.10. The minimum Gasteiger partial charge on any atom is -0.379 e. The maximum absolute atomic E-state index is 13.1. The highest BCUT2D eigenvalue weighted by atomic mass is 32.2. The number of benzene rings is 3. The molecule has 0 saturated heterocycles. The van der Waals surface area contributed by atoms with Crippen LogP contribution < -0.4 is 9.50 Å². The number of hydrogen-bond donors (Lipinski definition) is 1. The maximum Gasteiger partial charge on any atom is 0.416 e. The van der Waals surface area contributed by atoms with E-state index in [1.54, 1.807) is 26.0 Å². The zero-order valence-electron chi connectivity index (χ0n) is 18.7. The van der Waals surface area contributed by atoms with E-state index in [0.29, 0.717) is 5.56 Å². The number of anilines is 1. The van der Waals surface area contributed by atoms with E-state index in [0.717, 1.165) is 48.5 Å². The molecule has 3 aromatic rings. The van der Waals surface area contributed by atoms with Crippen molar-refractivity contribution in [2.45, 2.75) is 37.5 Å². The Labute approximate surface area is 200 Å². The van der Waals surface area contributed by atoms with Crippen molar-refractivity contribution in [2.75, 3.05) is 5.32 Å². The van der Waals surface area contributed by atoms with Crippen molar-refractivity contribution in [3.05, 3.63) is 89.7 Å². The van der Waals surface area contributed by atoms with Gasteiger partial charge in [-0.25, -0.2) is 9.18 Å². The normalized spacial score (nSPS) is 11.9. The molecule has 11 heteroatoms. The summed E-state index contributed by atoms with van der Waals surface area (Å²) in [6, 6.07) is 13.5. The van der Waals surface area contributed by atoms with Gasteiger partial charge in [0.1, 0.15) is 16.5 Å². The molecule has 0 fully saturated rings. The molecule has 1 N–H and O–H groups in total. The predicted octanol–water partition coefficient (Wildman–Crippen LogP) is 6.05. The highest BCUT2D eigenvalue weighted by molar-refractivity contribution is 7.87. The van der Waals surface area contributed by atoms with Gasteiger partial charge in [0.15, 0.2) is 0 Å². The van der Waals surface area contributed by atoms with Crippen LogP contribution in [0.25, 0.3) is 0 Å². The van der Waals surface area contributed by atoms with E-state index in [4.69, 9.17) is 4.18 Å². The van der Waals surface area contributed by atoms with Crippen LogP contribution in [0.2, 0.25) is 0 Å². The van der Waals surface area contributed by atoms with Crippen LogP contribution in [-0.4, -0.2) is 25.4 Å². The lowest BCUT2D eigenvalue weighted by Crippen LogP contribution is -2.39. The van der Waals surface area contributed by atoms with Crippen molar-refractivity contribution < 1.29 is 35.0 Å². The molecule has 0 spiro atoms. The molecule has 0 aliphatic rings. The summed E-state index contributed by atoms with van der Waals surface area (Å²) in [5.41, 5.74) is -0.0900. The molecule has 186 valence electrons.